The van der Waals surface area contributed by atoms with Gasteiger partial charge in [0.05, 0.1) is 6.54 Å². The molecule has 25 heavy (non-hydrogen) atoms. The molecular formula is C19H19N3O3. The lowest BCUT2D eigenvalue weighted by atomic mass is 10.2. The Bertz CT molecular complexity index is 851. The lowest BCUT2D eigenvalue weighted by molar-refractivity contribution is 0.0290. The Morgan fingerprint density at radius 3 is 2.80 bits per heavy atom. The molecule has 128 valence electrons. The van der Waals surface area contributed by atoms with Crippen LogP contribution in [0.1, 0.15) is 41.9 Å². The van der Waals surface area contributed by atoms with Gasteiger partial charge in [-0.05, 0) is 38.0 Å². The van der Waals surface area contributed by atoms with Gasteiger partial charge in [0.15, 0.2) is 5.69 Å². The summed E-state index contributed by atoms with van der Waals surface area (Å²) in [6, 6.07) is 11.4. The van der Waals surface area contributed by atoms with E-state index in [1.54, 1.807) is 10.9 Å². The monoisotopic (exact) mass is 337 g/mol. The molecule has 3 aromatic rings. The number of aromatic nitrogens is 3. The Hall–Kier alpha value is -2.89. The summed E-state index contributed by atoms with van der Waals surface area (Å²) in [5, 5.41) is 4.13. The van der Waals surface area contributed by atoms with Gasteiger partial charge in [0, 0.05) is 23.9 Å². The normalized spacial score (nSPS) is 15.1. The van der Waals surface area contributed by atoms with Gasteiger partial charge in [-0.3, -0.25) is 4.68 Å². The van der Waals surface area contributed by atoms with E-state index in [-0.39, 0.29) is 12.0 Å². The van der Waals surface area contributed by atoms with Crippen LogP contribution in [0.4, 0.5) is 0 Å². The van der Waals surface area contributed by atoms with Crippen LogP contribution in [-0.4, -0.2) is 26.8 Å². The summed E-state index contributed by atoms with van der Waals surface area (Å²) >= 11 is 0. The van der Waals surface area contributed by atoms with Crippen LogP contribution >= 0.6 is 0 Å². The molecule has 0 radical (unpaired) electrons. The zero-order chi connectivity index (χ0) is 17.2. The number of oxazole rings is 1. The van der Waals surface area contributed by atoms with Crippen molar-refractivity contribution < 1.29 is 13.9 Å². The summed E-state index contributed by atoms with van der Waals surface area (Å²) in [4.78, 5) is 17.0. The molecular weight excluding hydrogens is 318 g/mol. The third-order valence-corrected chi connectivity index (χ3v) is 4.13. The fourth-order valence-electron chi connectivity index (χ4n) is 2.75. The van der Waals surface area contributed by atoms with Crippen molar-refractivity contribution in [2.75, 3.05) is 0 Å². The minimum absolute atomic E-state index is 0.272. The molecule has 0 N–H and O–H groups in total. The quantitative estimate of drug-likeness (QED) is 0.642. The Morgan fingerprint density at radius 1 is 1.32 bits per heavy atom. The molecule has 0 unspecified atom stereocenters. The van der Waals surface area contributed by atoms with Crippen molar-refractivity contribution in [1.82, 2.24) is 14.8 Å². The first kappa shape index (κ1) is 15.6. The molecule has 2 heterocycles. The average Bonchev–Trinajstić information content (AvgIpc) is 3.16. The number of nitrogens with zero attached hydrogens (tertiary/aromatic N) is 3. The van der Waals surface area contributed by atoms with Crippen molar-refractivity contribution in [2.24, 2.45) is 0 Å². The predicted octanol–water partition coefficient (Wildman–Crippen LogP) is 3.66. The van der Waals surface area contributed by atoms with Gasteiger partial charge in [-0.15, -0.1) is 0 Å². The van der Waals surface area contributed by atoms with Gasteiger partial charge < -0.3 is 9.15 Å². The number of carbonyl (C=O) groups excluding carboxylic acids is 1. The van der Waals surface area contributed by atoms with Crippen molar-refractivity contribution in [1.29, 1.82) is 0 Å². The van der Waals surface area contributed by atoms with Gasteiger partial charge in [-0.25, -0.2) is 9.78 Å². The second-order valence-electron chi connectivity index (χ2n) is 6.32. The van der Waals surface area contributed by atoms with E-state index in [9.17, 15) is 4.79 Å². The molecule has 1 fully saturated rings. The van der Waals surface area contributed by atoms with Crippen LogP contribution in [0, 0.1) is 0 Å². The van der Waals surface area contributed by atoms with E-state index in [0.717, 1.165) is 18.4 Å². The zero-order valence-electron chi connectivity index (χ0n) is 14.0. The molecule has 2 aromatic heterocycles. The summed E-state index contributed by atoms with van der Waals surface area (Å²) in [7, 11) is 0. The fraction of sp³-hybridized carbons (Fsp3) is 0.316. The molecule has 1 aliphatic rings. The predicted molar refractivity (Wildman–Crippen MR) is 91.0 cm³/mol. The second-order valence-corrected chi connectivity index (χ2v) is 6.32. The van der Waals surface area contributed by atoms with Gasteiger partial charge >= 0.3 is 5.97 Å². The maximum absolute atomic E-state index is 12.6. The van der Waals surface area contributed by atoms with Gasteiger partial charge in [0.25, 0.3) is 0 Å². The number of ether oxygens (including phenoxy) is 1. The van der Waals surface area contributed by atoms with Crippen LogP contribution in [-0.2, 0) is 11.3 Å². The number of rotatable bonds is 6. The molecule has 1 atom stereocenters. The maximum Gasteiger partial charge on any atom is 0.360 e. The SMILES string of the molecule is C[C@@H](Cn1cccn1)OC(=O)c1nc(-c2ccccc2)oc1C1CC1. The number of benzene rings is 1. The molecule has 0 aliphatic heterocycles. The number of esters is 1. The van der Waals surface area contributed by atoms with E-state index >= 15 is 0 Å². The minimum Gasteiger partial charge on any atom is -0.456 e. The molecule has 0 spiro atoms. The summed E-state index contributed by atoms with van der Waals surface area (Å²) < 4.78 is 13.2. The summed E-state index contributed by atoms with van der Waals surface area (Å²) in [5.41, 5.74) is 1.15. The molecule has 1 saturated carbocycles. The van der Waals surface area contributed by atoms with Crippen LogP contribution in [0.25, 0.3) is 11.5 Å². The van der Waals surface area contributed by atoms with Crippen molar-refractivity contribution in [2.45, 2.75) is 38.3 Å². The van der Waals surface area contributed by atoms with Gasteiger partial charge in [-0.2, -0.15) is 5.10 Å². The molecule has 1 aliphatic carbocycles. The van der Waals surface area contributed by atoms with Crippen LogP contribution in [0.15, 0.2) is 53.2 Å². The highest BCUT2D eigenvalue weighted by atomic mass is 16.5. The third-order valence-electron chi connectivity index (χ3n) is 4.13. The molecule has 0 saturated heterocycles. The van der Waals surface area contributed by atoms with Crippen molar-refractivity contribution in [3.8, 4) is 11.5 Å². The van der Waals surface area contributed by atoms with Gasteiger partial charge in [0.2, 0.25) is 5.89 Å². The number of hydrogen-bond donors (Lipinski definition) is 0. The van der Waals surface area contributed by atoms with Crippen LogP contribution in [0.2, 0.25) is 0 Å². The van der Waals surface area contributed by atoms with E-state index < -0.39 is 5.97 Å². The Balaban J connectivity index is 1.54. The number of carbonyl (C=O) groups is 1. The first-order chi connectivity index (χ1) is 12.2. The topological polar surface area (TPSA) is 70.2 Å². The third kappa shape index (κ3) is 3.47. The Labute approximate surface area is 145 Å². The number of hydrogen-bond acceptors (Lipinski definition) is 5. The Morgan fingerprint density at radius 2 is 2.12 bits per heavy atom. The van der Waals surface area contributed by atoms with Crippen LogP contribution in [0.5, 0.6) is 0 Å². The zero-order valence-corrected chi connectivity index (χ0v) is 14.0. The highest BCUT2D eigenvalue weighted by Crippen LogP contribution is 2.43. The standard InChI is InChI=1S/C19H19N3O3/c1-13(12-22-11-5-10-20-22)24-19(23)16-17(14-8-9-14)25-18(21-16)15-6-3-2-4-7-15/h2-7,10-11,13-14H,8-9,12H2,1H3/t13-/m0/s1. The first-order valence-electron chi connectivity index (χ1n) is 8.45. The summed E-state index contributed by atoms with van der Waals surface area (Å²) in [6.07, 6.45) is 5.27. The molecule has 6 heteroatoms. The first-order valence-corrected chi connectivity index (χ1v) is 8.45. The van der Waals surface area contributed by atoms with Crippen molar-refractivity contribution in [3.05, 3.63) is 60.2 Å². The van der Waals surface area contributed by atoms with Gasteiger partial charge in [0.1, 0.15) is 11.9 Å². The highest BCUT2D eigenvalue weighted by Gasteiger charge is 2.35. The molecule has 4 rings (SSSR count). The lowest BCUT2D eigenvalue weighted by Gasteiger charge is -2.12. The van der Waals surface area contributed by atoms with E-state index in [1.807, 2.05) is 49.5 Å². The molecule has 6 nitrogen and oxygen atoms in total. The smallest absolute Gasteiger partial charge is 0.360 e. The van der Waals surface area contributed by atoms with E-state index in [0.29, 0.717) is 23.9 Å². The van der Waals surface area contributed by atoms with Crippen molar-refractivity contribution >= 4 is 5.97 Å². The highest BCUT2D eigenvalue weighted by molar-refractivity contribution is 5.89. The lowest BCUT2D eigenvalue weighted by Crippen LogP contribution is -2.21. The van der Waals surface area contributed by atoms with Crippen LogP contribution < -0.4 is 0 Å². The largest absolute Gasteiger partial charge is 0.456 e. The average molecular weight is 337 g/mol. The molecule has 0 bridgehead atoms. The molecule has 1 aromatic carbocycles. The summed E-state index contributed by atoms with van der Waals surface area (Å²) in [5.74, 6) is 0.950. The fourth-order valence-corrected chi connectivity index (χ4v) is 2.75. The summed E-state index contributed by atoms with van der Waals surface area (Å²) in [6.45, 7) is 2.34. The van der Waals surface area contributed by atoms with Crippen LogP contribution in [0.3, 0.4) is 0 Å². The Kier molecular flexibility index (Phi) is 4.09. The van der Waals surface area contributed by atoms with E-state index in [4.69, 9.17) is 9.15 Å². The maximum atomic E-state index is 12.6. The molecule has 0 amide bonds. The second kappa shape index (κ2) is 6.55. The van der Waals surface area contributed by atoms with Crippen molar-refractivity contribution in [3.63, 3.8) is 0 Å². The van der Waals surface area contributed by atoms with E-state index in [1.165, 1.54) is 0 Å². The van der Waals surface area contributed by atoms with E-state index in [2.05, 4.69) is 10.1 Å². The van der Waals surface area contributed by atoms with Gasteiger partial charge in [-0.1, -0.05) is 18.2 Å². The minimum atomic E-state index is -0.438.